The molecule has 0 aliphatic heterocycles. The van der Waals surface area contributed by atoms with Crippen LogP contribution in [0.3, 0.4) is 0 Å². The van der Waals surface area contributed by atoms with Crippen molar-refractivity contribution in [1.82, 2.24) is 5.32 Å². The highest BCUT2D eigenvalue weighted by atomic mass is 16.6. The second kappa shape index (κ2) is 5.89. The molecule has 1 amide bonds. The minimum Gasteiger partial charge on any atom is -0.481 e. The van der Waals surface area contributed by atoms with E-state index in [0.29, 0.717) is 6.42 Å². The summed E-state index contributed by atoms with van der Waals surface area (Å²) in [5, 5.41) is 11.6. The van der Waals surface area contributed by atoms with Gasteiger partial charge in [-0.15, -0.1) is 0 Å². The number of nitrogens with one attached hydrogen (secondary N) is 1. The quantitative estimate of drug-likeness (QED) is 0.779. The van der Waals surface area contributed by atoms with Crippen LogP contribution in [-0.2, 0) is 9.53 Å². The minimum atomic E-state index is -0.939. The fourth-order valence-electron chi connectivity index (χ4n) is 1.40. The molecule has 5 heteroatoms. The monoisotopic (exact) mass is 245 g/mol. The molecule has 1 atom stereocenters. The van der Waals surface area contributed by atoms with Crippen LogP contribution in [0.1, 0.15) is 47.5 Å². The molecule has 0 aromatic carbocycles. The topological polar surface area (TPSA) is 75.6 Å². The van der Waals surface area contributed by atoms with Gasteiger partial charge in [-0.05, 0) is 34.1 Å². The normalized spacial score (nSPS) is 14.9. The maximum atomic E-state index is 11.4. The molecule has 2 N–H and O–H groups in total. The average Bonchev–Trinajstić information content (AvgIpc) is 2.12. The number of aliphatic carboxylic acids is 1. The molecule has 0 rings (SSSR count). The van der Waals surface area contributed by atoms with Crippen molar-refractivity contribution in [1.29, 1.82) is 0 Å². The molecule has 0 bridgehead atoms. The fourth-order valence-corrected chi connectivity index (χ4v) is 1.40. The highest BCUT2D eigenvalue weighted by molar-refractivity contribution is 5.76. The molecule has 0 aromatic rings. The van der Waals surface area contributed by atoms with Crippen LogP contribution >= 0.6 is 0 Å². The highest BCUT2D eigenvalue weighted by Gasteiger charge is 2.33. The smallest absolute Gasteiger partial charge is 0.407 e. The minimum absolute atomic E-state index is 0.0745. The third kappa shape index (κ3) is 6.14. The van der Waals surface area contributed by atoms with E-state index in [2.05, 4.69) is 5.32 Å². The van der Waals surface area contributed by atoms with Crippen molar-refractivity contribution in [3.05, 3.63) is 0 Å². The van der Waals surface area contributed by atoms with Crippen LogP contribution in [0.25, 0.3) is 0 Å². The molecule has 0 aliphatic rings. The Morgan fingerprint density at radius 1 is 1.24 bits per heavy atom. The van der Waals surface area contributed by atoms with Crippen LogP contribution in [0, 0.1) is 5.41 Å². The Morgan fingerprint density at radius 2 is 1.76 bits per heavy atom. The first-order valence-corrected chi connectivity index (χ1v) is 5.81. The number of carboxylic acid groups (broad SMARTS) is 1. The van der Waals surface area contributed by atoms with Crippen molar-refractivity contribution >= 4 is 12.1 Å². The molecule has 0 radical (unpaired) electrons. The molecule has 100 valence electrons. The molecule has 0 saturated carbocycles. The van der Waals surface area contributed by atoms with Gasteiger partial charge in [-0.3, -0.25) is 4.79 Å². The van der Waals surface area contributed by atoms with Gasteiger partial charge in [0.25, 0.3) is 0 Å². The first-order chi connectivity index (χ1) is 7.60. The zero-order valence-corrected chi connectivity index (χ0v) is 11.3. The van der Waals surface area contributed by atoms with Gasteiger partial charge in [0.1, 0.15) is 5.60 Å². The van der Waals surface area contributed by atoms with Crippen LogP contribution in [0.15, 0.2) is 0 Å². The maximum Gasteiger partial charge on any atom is 0.407 e. The van der Waals surface area contributed by atoms with Crippen LogP contribution in [0.4, 0.5) is 4.79 Å². The molecule has 0 fully saturated rings. The lowest BCUT2D eigenvalue weighted by molar-refractivity contribution is -0.148. The standard InChI is InChI=1S/C12H23NO4/c1-6-7-12(5,9(14)15)8-13-10(16)17-11(2,3)4/h6-8H2,1-5H3,(H,13,16)(H,14,15). The van der Waals surface area contributed by atoms with Gasteiger partial charge in [-0.25, -0.2) is 4.79 Å². The predicted octanol–water partition coefficient (Wildman–Crippen LogP) is 2.40. The first-order valence-electron chi connectivity index (χ1n) is 5.81. The maximum absolute atomic E-state index is 11.4. The van der Waals surface area contributed by atoms with Crippen LogP contribution in [0.2, 0.25) is 0 Å². The Morgan fingerprint density at radius 3 is 2.12 bits per heavy atom. The van der Waals surface area contributed by atoms with E-state index in [1.165, 1.54) is 0 Å². The van der Waals surface area contributed by atoms with Gasteiger partial charge in [0.15, 0.2) is 0 Å². The molecule has 1 unspecified atom stereocenters. The second-order valence-electron chi connectivity index (χ2n) is 5.47. The average molecular weight is 245 g/mol. The van der Waals surface area contributed by atoms with E-state index in [1.54, 1.807) is 27.7 Å². The molecular weight excluding hydrogens is 222 g/mol. The Labute approximate surface area is 103 Å². The van der Waals surface area contributed by atoms with Gasteiger partial charge in [0.2, 0.25) is 0 Å². The first kappa shape index (κ1) is 15.7. The molecule has 0 heterocycles. The number of alkyl carbamates (subject to hydrolysis) is 1. The highest BCUT2D eigenvalue weighted by Crippen LogP contribution is 2.22. The van der Waals surface area contributed by atoms with Crippen molar-refractivity contribution in [2.45, 2.75) is 53.1 Å². The van der Waals surface area contributed by atoms with E-state index in [1.807, 2.05) is 6.92 Å². The van der Waals surface area contributed by atoms with Gasteiger partial charge in [0, 0.05) is 6.54 Å². The lowest BCUT2D eigenvalue weighted by atomic mass is 9.86. The number of carbonyl (C=O) groups excluding carboxylic acids is 1. The summed E-state index contributed by atoms with van der Waals surface area (Å²) in [7, 11) is 0. The third-order valence-corrected chi connectivity index (χ3v) is 2.34. The van der Waals surface area contributed by atoms with Crippen molar-refractivity contribution in [3.8, 4) is 0 Å². The van der Waals surface area contributed by atoms with Gasteiger partial charge in [0.05, 0.1) is 5.41 Å². The SMILES string of the molecule is CCCC(C)(CNC(=O)OC(C)(C)C)C(=O)O. The number of carbonyl (C=O) groups is 2. The number of hydrogen-bond acceptors (Lipinski definition) is 3. The van der Waals surface area contributed by atoms with Crippen LogP contribution in [-0.4, -0.2) is 29.3 Å². The van der Waals surface area contributed by atoms with E-state index < -0.39 is 23.1 Å². The summed E-state index contributed by atoms with van der Waals surface area (Å²) in [6, 6.07) is 0. The lowest BCUT2D eigenvalue weighted by Gasteiger charge is -2.26. The number of carboxylic acids is 1. The summed E-state index contributed by atoms with van der Waals surface area (Å²) in [6.45, 7) is 8.88. The van der Waals surface area contributed by atoms with Crippen molar-refractivity contribution < 1.29 is 19.4 Å². The summed E-state index contributed by atoms with van der Waals surface area (Å²) in [4.78, 5) is 22.5. The zero-order chi connectivity index (χ0) is 13.7. The van der Waals surface area contributed by atoms with Crippen molar-refractivity contribution in [3.63, 3.8) is 0 Å². The van der Waals surface area contributed by atoms with E-state index in [-0.39, 0.29) is 6.54 Å². The van der Waals surface area contributed by atoms with Gasteiger partial charge >= 0.3 is 12.1 Å². The summed E-state index contributed by atoms with van der Waals surface area (Å²) >= 11 is 0. The van der Waals surface area contributed by atoms with E-state index >= 15 is 0 Å². The number of ether oxygens (including phenoxy) is 1. The van der Waals surface area contributed by atoms with Crippen LogP contribution in [0.5, 0.6) is 0 Å². The molecule has 0 saturated heterocycles. The van der Waals surface area contributed by atoms with Crippen molar-refractivity contribution in [2.75, 3.05) is 6.54 Å². The van der Waals surface area contributed by atoms with Crippen molar-refractivity contribution in [2.24, 2.45) is 5.41 Å². The zero-order valence-electron chi connectivity index (χ0n) is 11.3. The van der Waals surface area contributed by atoms with Gasteiger partial charge < -0.3 is 15.2 Å². The van der Waals surface area contributed by atoms with E-state index in [9.17, 15) is 9.59 Å². The summed E-state index contributed by atoms with van der Waals surface area (Å²) in [6.07, 6.45) is 0.679. The number of amides is 1. The Kier molecular flexibility index (Phi) is 5.45. The second-order valence-corrected chi connectivity index (χ2v) is 5.47. The fraction of sp³-hybridized carbons (Fsp3) is 0.833. The molecule has 0 spiro atoms. The number of rotatable bonds is 5. The molecule has 5 nitrogen and oxygen atoms in total. The van der Waals surface area contributed by atoms with Crippen LogP contribution < -0.4 is 5.32 Å². The summed E-state index contributed by atoms with van der Waals surface area (Å²) in [5.74, 6) is -0.907. The Hall–Kier alpha value is -1.26. The Balaban J connectivity index is 4.33. The Bertz CT molecular complexity index is 283. The summed E-state index contributed by atoms with van der Waals surface area (Å²) in [5.41, 5.74) is -1.51. The largest absolute Gasteiger partial charge is 0.481 e. The number of hydrogen-bond donors (Lipinski definition) is 2. The molecule has 0 aromatic heterocycles. The molecular formula is C12H23NO4. The molecule has 17 heavy (non-hydrogen) atoms. The van der Waals surface area contributed by atoms with Gasteiger partial charge in [-0.1, -0.05) is 13.3 Å². The van der Waals surface area contributed by atoms with E-state index in [4.69, 9.17) is 9.84 Å². The predicted molar refractivity (Wildman–Crippen MR) is 64.9 cm³/mol. The van der Waals surface area contributed by atoms with Gasteiger partial charge in [-0.2, -0.15) is 0 Å². The summed E-state index contributed by atoms with van der Waals surface area (Å²) < 4.78 is 5.05. The molecule has 0 aliphatic carbocycles. The van der Waals surface area contributed by atoms with E-state index in [0.717, 1.165) is 6.42 Å². The lowest BCUT2D eigenvalue weighted by Crippen LogP contribution is -2.42. The third-order valence-electron chi connectivity index (χ3n) is 2.34.